The van der Waals surface area contributed by atoms with E-state index in [1.165, 1.54) is 12.5 Å². The quantitative estimate of drug-likeness (QED) is 0.874. The van der Waals surface area contributed by atoms with Crippen molar-refractivity contribution in [3.05, 3.63) is 47.4 Å². The number of rotatable bonds is 3. The van der Waals surface area contributed by atoms with Gasteiger partial charge in [-0.3, -0.25) is 0 Å². The maximum atomic E-state index is 13.4. The highest BCUT2D eigenvalue weighted by Crippen LogP contribution is 2.22. The number of hydrogen-bond acceptors (Lipinski definition) is 3. The van der Waals surface area contributed by atoms with Crippen molar-refractivity contribution in [2.45, 2.75) is 6.54 Å². The molecule has 0 atom stereocenters. The lowest BCUT2D eigenvalue weighted by molar-refractivity contribution is 0.511. The van der Waals surface area contributed by atoms with Gasteiger partial charge in [0.15, 0.2) is 12.2 Å². The predicted octanol–water partition coefficient (Wildman–Crippen LogP) is 3.08. The second-order valence-electron chi connectivity index (χ2n) is 2.92. The first-order chi connectivity index (χ1) is 7.27. The molecule has 0 saturated carbocycles. The fourth-order valence-electron chi connectivity index (χ4n) is 1.15. The number of halogens is 2. The summed E-state index contributed by atoms with van der Waals surface area (Å²) in [6, 6.07) is 4.78. The van der Waals surface area contributed by atoms with E-state index in [0.717, 1.165) is 0 Å². The second-order valence-corrected chi connectivity index (χ2v) is 3.33. The van der Waals surface area contributed by atoms with Crippen LogP contribution in [-0.2, 0) is 6.54 Å². The Labute approximate surface area is 90.9 Å². The van der Waals surface area contributed by atoms with E-state index >= 15 is 0 Å². The fraction of sp³-hybridized carbons (Fsp3) is 0.100. The van der Waals surface area contributed by atoms with Crippen LogP contribution in [0.3, 0.4) is 0 Å². The zero-order chi connectivity index (χ0) is 10.7. The van der Waals surface area contributed by atoms with Gasteiger partial charge in [-0.2, -0.15) is 0 Å². The Balaban J connectivity index is 2.08. The molecule has 0 saturated heterocycles. The fourth-order valence-corrected chi connectivity index (χ4v) is 1.33. The minimum Gasteiger partial charge on any atom is -0.447 e. The van der Waals surface area contributed by atoms with Crippen molar-refractivity contribution >= 4 is 17.3 Å². The Morgan fingerprint density at radius 3 is 3.07 bits per heavy atom. The van der Waals surface area contributed by atoms with Crippen molar-refractivity contribution in [2.75, 3.05) is 5.32 Å². The van der Waals surface area contributed by atoms with Gasteiger partial charge in [-0.25, -0.2) is 9.37 Å². The van der Waals surface area contributed by atoms with E-state index in [4.69, 9.17) is 16.0 Å². The van der Waals surface area contributed by atoms with Gasteiger partial charge in [0.2, 0.25) is 0 Å². The van der Waals surface area contributed by atoms with Crippen LogP contribution in [0.5, 0.6) is 0 Å². The molecule has 1 aromatic heterocycles. The van der Waals surface area contributed by atoms with E-state index in [2.05, 4.69) is 10.3 Å². The predicted molar refractivity (Wildman–Crippen MR) is 55.2 cm³/mol. The topological polar surface area (TPSA) is 38.1 Å². The van der Waals surface area contributed by atoms with Gasteiger partial charge in [0.05, 0.1) is 23.5 Å². The van der Waals surface area contributed by atoms with Crippen LogP contribution in [0.2, 0.25) is 5.02 Å². The summed E-state index contributed by atoms with van der Waals surface area (Å²) in [6.07, 6.45) is 2.89. The molecular weight excluding hydrogens is 219 g/mol. The average molecular weight is 227 g/mol. The van der Waals surface area contributed by atoms with Gasteiger partial charge in [-0.15, -0.1) is 0 Å². The number of benzene rings is 1. The highest BCUT2D eigenvalue weighted by molar-refractivity contribution is 6.31. The van der Waals surface area contributed by atoms with Crippen molar-refractivity contribution in [2.24, 2.45) is 0 Å². The third kappa shape index (κ3) is 2.27. The van der Waals surface area contributed by atoms with Gasteiger partial charge in [0.25, 0.3) is 0 Å². The average Bonchev–Trinajstić information content (AvgIpc) is 2.73. The van der Waals surface area contributed by atoms with Gasteiger partial charge >= 0.3 is 0 Å². The van der Waals surface area contributed by atoms with E-state index in [-0.39, 0.29) is 5.02 Å². The highest BCUT2D eigenvalue weighted by atomic mass is 35.5. The summed E-state index contributed by atoms with van der Waals surface area (Å²) in [7, 11) is 0. The summed E-state index contributed by atoms with van der Waals surface area (Å²) in [4.78, 5) is 3.75. The summed E-state index contributed by atoms with van der Waals surface area (Å²) in [6.45, 7) is 0.372. The Kier molecular flexibility index (Phi) is 2.87. The molecular formula is C10H8ClFN2O. The number of anilines is 1. The lowest BCUT2D eigenvalue weighted by Crippen LogP contribution is -2.00. The molecule has 5 heteroatoms. The van der Waals surface area contributed by atoms with Crippen LogP contribution in [0.25, 0.3) is 0 Å². The Morgan fingerprint density at radius 2 is 2.33 bits per heavy atom. The van der Waals surface area contributed by atoms with E-state index in [9.17, 15) is 4.39 Å². The summed E-state index contributed by atoms with van der Waals surface area (Å²) < 4.78 is 18.4. The molecule has 3 nitrogen and oxygen atoms in total. The van der Waals surface area contributed by atoms with Crippen molar-refractivity contribution in [1.29, 1.82) is 0 Å². The first-order valence-corrected chi connectivity index (χ1v) is 4.70. The van der Waals surface area contributed by atoms with Crippen molar-refractivity contribution in [3.8, 4) is 0 Å². The maximum absolute atomic E-state index is 13.4. The van der Waals surface area contributed by atoms with Crippen LogP contribution in [0.15, 0.2) is 35.2 Å². The van der Waals surface area contributed by atoms with Gasteiger partial charge in [0.1, 0.15) is 5.76 Å². The highest BCUT2D eigenvalue weighted by Gasteiger charge is 2.05. The Hall–Kier alpha value is -1.55. The smallest absolute Gasteiger partial charge is 0.180 e. The molecule has 2 aromatic rings. The number of hydrogen-bond donors (Lipinski definition) is 1. The summed E-state index contributed by atoms with van der Waals surface area (Å²) >= 11 is 5.62. The minimum absolute atomic E-state index is 0.0950. The van der Waals surface area contributed by atoms with E-state index in [0.29, 0.717) is 18.0 Å². The largest absolute Gasteiger partial charge is 0.447 e. The van der Waals surface area contributed by atoms with Crippen LogP contribution < -0.4 is 5.32 Å². The van der Waals surface area contributed by atoms with Gasteiger partial charge in [-0.05, 0) is 12.1 Å². The number of oxazole rings is 1. The maximum Gasteiger partial charge on any atom is 0.180 e. The number of nitrogens with one attached hydrogen (secondary N) is 1. The molecule has 15 heavy (non-hydrogen) atoms. The van der Waals surface area contributed by atoms with Gasteiger partial charge in [-0.1, -0.05) is 17.7 Å². The van der Waals surface area contributed by atoms with Crippen LogP contribution >= 0.6 is 11.6 Å². The van der Waals surface area contributed by atoms with Crippen molar-refractivity contribution < 1.29 is 8.81 Å². The van der Waals surface area contributed by atoms with Gasteiger partial charge < -0.3 is 9.73 Å². The standard InChI is InChI=1S/C10H8ClFN2O/c11-8-2-1-3-9(10(8)12)14-5-7-4-13-6-15-7/h1-4,6,14H,5H2. The summed E-state index contributed by atoms with van der Waals surface area (Å²) in [5.74, 6) is 0.174. The third-order valence-electron chi connectivity index (χ3n) is 1.89. The normalized spacial score (nSPS) is 10.3. The third-order valence-corrected chi connectivity index (χ3v) is 2.18. The monoisotopic (exact) mass is 226 g/mol. The molecule has 0 aliphatic rings. The second kappa shape index (κ2) is 4.31. The first kappa shape index (κ1) is 9.98. The molecule has 1 N–H and O–H groups in total. The Bertz CT molecular complexity index is 445. The van der Waals surface area contributed by atoms with E-state index < -0.39 is 5.82 Å². The molecule has 0 amide bonds. The molecule has 0 fully saturated rings. The molecule has 1 heterocycles. The molecule has 0 spiro atoms. The molecule has 0 radical (unpaired) electrons. The van der Waals surface area contributed by atoms with E-state index in [1.54, 1.807) is 18.3 Å². The van der Waals surface area contributed by atoms with Crippen molar-refractivity contribution in [3.63, 3.8) is 0 Å². The lowest BCUT2D eigenvalue weighted by atomic mass is 10.3. The molecule has 1 aromatic carbocycles. The zero-order valence-electron chi connectivity index (χ0n) is 7.71. The molecule has 0 aliphatic heterocycles. The molecule has 2 rings (SSSR count). The van der Waals surface area contributed by atoms with E-state index in [1.807, 2.05) is 0 Å². The molecule has 0 unspecified atom stereocenters. The van der Waals surface area contributed by atoms with Crippen LogP contribution in [0, 0.1) is 5.82 Å². The van der Waals surface area contributed by atoms with Crippen molar-refractivity contribution in [1.82, 2.24) is 4.98 Å². The molecule has 78 valence electrons. The molecule has 0 bridgehead atoms. The lowest BCUT2D eigenvalue weighted by Gasteiger charge is -2.05. The zero-order valence-corrected chi connectivity index (χ0v) is 8.46. The number of nitrogens with zero attached hydrogens (tertiary/aromatic N) is 1. The SMILES string of the molecule is Fc1c(Cl)cccc1NCc1cnco1. The molecule has 0 aliphatic carbocycles. The number of aromatic nitrogens is 1. The van der Waals surface area contributed by atoms with Crippen LogP contribution in [-0.4, -0.2) is 4.98 Å². The summed E-state index contributed by atoms with van der Waals surface area (Å²) in [5, 5.41) is 2.96. The first-order valence-electron chi connectivity index (χ1n) is 4.32. The summed E-state index contributed by atoms with van der Waals surface area (Å²) in [5.41, 5.74) is 0.346. The van der Waals surface area contributed by atoms with Crippen LogP contribution in [0.1, 0.15) is 5.76 Å². The Morgan fingerprint density at radius 1 is 1.47 bits per heavy atom. The minimum atomic E-state index is -0.460. The van der Waals surface area contributed by atoms with Gasteiger partial charge in [0, 0.05) is 0 Å². The van der Waals surface area contributed by atoms with Crippen LogP contribution in [0.4, 0.5) is 10.1 Å².